The predicted octanol–water partition coefficient (Wildman–Crippen LogP) is 4.51. The van der Waals surface area contributed by atoms with Gasteiger partial charge in [-0.15, -0.1) is 0 Å². The van der Waals surface area contributed by atoms with Gasteiger partial charge in [0.05, 0.1) is 35.3 Å². The number of rotatable bonds is 18. The van der Waals surface area contributed by atoms with Crippen LogP contribution in [0.3, 0.4) is 0 Å². The first-order chi connectivity index (χ1) is 23.7. The smallest absolute Gasteiger partial charge is 0.471 e. The molecule has 2 heterocycles. The van der Waals surface area contributed by atoms with Crippen LogP contribution in [0.15, 0.2) is 60.7 Å². The van der Waals surface area contributed by atoms with E-state index < -0.39 is 29.1 Å². The minimum absolute atomic E-state index is 0.388. The molecule has 0 atom stereocenters. The van der Waals surface area contributed by atoms with E-state index in [9.17, 15) is 28.7 Å². The number of aromatic nitrogens is 4. The fraction of sp³-hybridized carbons (Fsp3) is 0.375. The van der Waals surface area contributed by atoms with Crippen molar-refractivity contribution in [3.8, 4) is 34.3 Å². The molecule has 18 heteroatoms. The lowest BCUT2D eigenvalue weighted by atomic mass is 10.1. The predicted molar refractivity (Wildman–Crippen MR) is 187 cm³/mol. The highest BCUT2D eigenvalue weighted by Crippen LogP contribution is 2.39. The van der Waals surface area contributed by atoms with Gasteiger partial charge in [0, 0.05) is 36.3 Å². The second-order valence-corrected chi connectivity index (χ2v) is 14.6. The van der Waals surface area contributed by atoms with Crippen molar-refractivity contribution in [1.29, 1.82) is 0 Å². The zero-order chi connectivity index (χ0) is 36.1. The average Bonchev–Trinajstić information content (AvgIpc) is 3.60. The van der Waals surface area contributed by atoms with Crippen LogP contribution in [-0.2, 0) is 31.6 Å². The van der Waals surface area contributed by atoms with Crippen LogP contribution in [0.2, 0.25) is 0 Å². The Bertz CT molecular complexity index is 1860. The van der Waals surface area contributed by atoms with Gasteiger partial charge in [0.15, 0.2) is 0 Å². The molecule has 0 aliphatic rings. The number of ether oxygens (including phenoxy) is 2. The molecule has 4 N–H and O–H groups in total. The van der Waals surface area contributed by atoms with E-state index in [4.69, 9.17) is 28.5 Å². The third-order valence-electron chi connectivity index (χ3n) is 7.59. The molecule has 0 spiro atoms. The summed E-state index contributed by atoms with van der Waals surface area (Å²) in [5, 5.41) is 0. The molecule has 0 saturated carbocycles. The van der Waals surface area contributed by atoms with Gasteiger partial charge in [-0.05, 0) is 65.3 Å². The number of nitrogens with zero attached hydrogens (tertiary/aromatic N) is 6. The van der Waals surface area contributed by atoms with Gasteiger partial charge >= 0.3 is 15.6 Å². The maximum absolute atomic E-state index is 11.7. The minimum Gasteiger partial charge on any atom is -0.493 e. The molecule has 0 aliphatic carbocycles. The van der Waals surface area contributed by atoms with E-state index in [0.29, 0.717) is 69.6 Å². The molecule has 0 unspecified atom stereocenters. The van der Waals surface area contributed by atoms with Crippen LogP contribution in [0.5, 0.6) is 11.5 Å². The summed E-state index contributed by atoms with van der Waals surface area (Å²) in [4.78, 5) is 51.5. The van der Waals surface area contributed by atoms with Gasteiger partial charge in [-0.1, -0.05) is 24.3 Å². The number of hydrogen-bond donors (Lipinski definition) is 4. The molecule has 2 aromatic heterocycles. The molecule has 0 amide bonds. The van der Waals surface area contributed by atoms with Gasteiger partial charge in [0.25, 0.3) is 0 Å². The number of benzene rings is 3. The molecule has 5 aromatic rings. The lowest BCUT2D eigenvalue weighted by Gasteiger charge is -2.13. The van der Waals surface area contributed by atoms with Crippen molar-refractivity contribution in [2.24, 2.45) is 0 Å². The summed E-state index contributed by atoms with van der Waals surface area (Å²) < 4.78 is 48.1. The van der Waals surface area contributed by atoms with Crippen molar-refractivity contribution in [2.45, 2.75) is 26.3 Å². The van der Waals surface area contributed by atoms with Crippen LogP contribution in [0, 0.1) is 0 Å². The van der Waals surface area contributed by atoms with E-state index in [1.807, 2.05) is 28.2 Å². The maximum Gasteiger partial charge on any atom is 0.471 e. The fourth-order valence-corrected chi connectivity index (χ4v) is 5.79. The highest BCUT2D eigenvalue weighted by molar-refractivity contribution is 7.46. The number of imidazole rings is 2. The van der Waals surface area contributed by atoms with Crippen molar-refractivity contribution in [3.05, 3.63) is 60.7 Å². The Balaban J connectivity index is 1.48. The van der Waals surface area contributed by atoms with Crippen LogP contribution in [0.1, 0.15) is 12.8 Å². The summed E-state index contributed by atoms with van der Waals surface area (Å²) in [7, 11) is -1.70. The Hall–Kier alpha value is -3.66. The van der Waals surface area contributed by atoms with Crippen LogP contribution in [-0.4, -0.2) is 103 Å². The van der Waals surface area contributed by atoms with Gasteiger partial charge < -0.3 is 38.8 Å². The van der Waals surface area contributed by atoms with Crippen LogP contribution < -0.4 is 9.47 Å². The maximum atomic E-state index is 11.7. The zero-order valence-corrected chi connectivity index (χ0v) is 30.0. The third kappa shape index (κ3) is 10.2. The normalized spacial score (nSPS) is 12.5. The zero-order valence-electron chi connectivity index (χ0n) is 28.2. The molecule has 0 bridgehead atoms. The number of phosphoric ester groups is 2. The van der Waals surface area contributed by atoms with Crippen molar-refractivity contribution >= 4 is 37.7 Å². The molecular formula is C32H42N6O10P2. The Kier molecular flexibility index (Phi) is 12.1. The summed E-state index contributed by atoms with van der Waals surface area (Å²) in [5.74, 6) is 1.93. The largest absolute Gasteiger partial charge is 0.493 e. The van der Waals surface area contributed by atoms with E-state index in [-0.39, 0.29) is 0 Å². The van der Waals surface area contributed by atoms with Crippen LogP contribution in [0.4, 0.5) is 0 Å². The summed E-state index contributed by atoms with van der Waals surface area (Å²) in [5.41, 5.74) is 3.45. The quantitative estimate of drug-likeness (QED) is 0.0726. The molecule has 3 aromatic carbocycles. The van der Waals surface area contributed by atoms with Gasteiger partial charge in [-0.3, -0.25) is 18.2 Å². The monoisotopic (exact) mass is 732 g/mol. The summed E-state index contributed by atoms with van der Waals surface area (Å²) >= 11 is 0. The van der Waals surface area contributed by atoms with Crippen molar-refractivity contribution in [3.63, 3.8) is 0 Å². The SMILES string of the molecule is CN(C)CCCOc1ccc2nc(-c3ccc(-c4nc5ccc(OCCCN(C)C)cc5n4COP(=O)(O)O)cc3)n(COP(=O)(O)O)c2c1. The third-order valence-corrected chi connectivity index (χ3v) is 8.49. The second kappa shape index (κ2) is 16.1. The first kappa shape index (κ1) is 37.6. The Morgan fingerprint density at radius 1 is 0.620 bits per heavy atom. The number of hydrogen-bond acceptors (Lipinski definition) is 10. The van der Waals surface area contributed by atoms with Crippen LogP contribution >= 0.6 is 15.6 Å². The lowest BCUT2D eigenvalue weighted by molar-refractivity contribution is 0.155. The van der Waals surface area contributed by atoms with E-state index in [1.54, 1.807) is 69.8 Å². The highest BCUT2D eigenvalue weighted by atomic mass is 31.2. The molecule has 0 saturated heterocycles. The van der Waals surface area contributed by atoms with E-state index >= 15 is 0 Å². The minimum atomic E-state index is -4.82. The molecule has 270 valence electrons. The van der Waals surface area contributed by atoms with Crippen molar-refractivity contribution < 1.29 is 47.2 Å². The number of fused-ring (bicyclic) bond motifs is 2. The second-order valence-electron chi connectivity index (χ2n) is 12.1. The Labute approximate surface area is 289 Å². The van der Waals surface area contributed by atoms with Gasteiger partial charge in [0.2, 0.25) is 0 Å². The molecule has 0 aliphatic heterocycles. The lowest BCUT2D eigenvalue weighted by Crippen LogP contribution is -2.15. The van der Waals surface area contributed by atoms with Crippen LogP contribution in [0.25, 0.3) is 44.8 Å². The fourth-order valence-electron chi connectivity index (χ4n) is 5.26. The molecule has 0 fully saturated rings. The van der Waals surface area contributed by atoms with Gasteiger partial charge in [-0.25, -0.2) is 19.1 Å². The summed E-state index contributed by atoms with van der Waals surface area (Å²) in [6.07, 6.45) is 1.63. The van der Waals surface area contributed by atoms with Gasteiger partial charge in [0.1, 0.15) is 36.6 Å². The topological polar surface area (TPSA) is 194 Å². The van der Waals surface area contributed by atoms with Crippen molar-refractivity contribution in [1.82, 2.24) is 28.9 Å². The van der Waals surface area contributed by atoms with E-state index in [2.05, 4.69) is 9.80 Å². The molecular weight excluding hydrogens is 690 g/mol. The number of phosphoric acid groups is 2. The highest BCUT2D eigenvalue weighted by Gasteiger charge is 2.22. The summed E-state index contributed by atoms with van der Waals surface area (Å²) in [6, 6.07) is 17.7. The standard InChI is InChI=1S/C32H42N6O10P2/c1-35(2)15-5-17-45-25-11-13-27-29(19-25)37(21-47-49(39,40)41)31(33-27)23-7-9-24(10-8-23)32-34-28-14-12-26(46-18-6-16-36(3)4)20-30(28)38(32)22-48-50(42,43)44/h7-14,19-20H,5-6,15-18,21-22H2,1-4H3,(H2,39,40,41)(H2,42,43,44). The first-order valence-electron chi connectivity index (χ1n) is 15.7. The molecule has 0 radical (unpaired) electrons. The summed E-state index contributed by atoms with van der Waals surface area (Å²) in [6.45, 7) is 1.74. The van der Waals surface area contributed by atoms with E-state index in [0.717, 1.165) is 25.9 Å². The Morgan fingerprint density at radius 3 is 1.34 bits per heavy atom. The molecule has 16 nitrogen and oxygen atoms in total. The molecule has 5 rings (SSSR count). The van der Waals surface area contributed by atoms with Gasteiger partial charge in [-0.2, -0.15) is 0 Å². The first-order valence-corrected chi connectivity index (χ1v) is 18.8. The van der Waals surface area contributed by atoms with Crippen molar-refractivity contribution in [2.75, 3.05) is 54.5 Å². The average molecular weight is 733 g/mol. The van der Waals surface area contributed by atoms with E-state index in [1.165, 1.54) is 0 Å². The Morgan fingerprint density at radius 2 is 1.00 bits per heavy atom. The molecule has 50 heavy (non-hydrogen) atoms.